The highest BCUT2D eigenvalue weighted by molar-refractivity contribution is 5.92. The summed E-state index contributed by atoms with van der Waals surface area (Å²) in [7, 11) is 0. The lowest BCUT2D eigenvalue weighted by Crippen LogP contribution is -2.42. The second kappa shape index (κ2) is 7.48. The molecule has 2 fully saturated rings. The summed E-state index contributed by atoms with van der Waals surface area (Å²) in [5.74, 6) is 0.819. The molecule has 138 valence electrons. The van der Waals surface area contributed by atoms with Crippen molar-refractivity contribution in [2.24, 2.45) is 0 Å². The molecule has 2 aliphatic rings. The molecular formula is C20H24FN3O2. The number of nitrogens with one attached hydrogen (secondary N) is 1. The van der Waals surface area contributed by atoms with Gasteiger partial charge in [-0.25, -0.2) is 9.37 Å². The van der Waals surface area contributed by atoms with Crippen LogP contribution in [0.4, 0.5) is 10.1 Å². The SMILES string of the molecule is O=C(c1coc(C2CCCC2)n1)N1CCC(Nc2ccc(F)cc2)CC1. The zero-order chi connectivity index (χ0) is 17.9. The van der Waals surface area contributed by atoms with E-state index in [1.54, 1.807) is 12.1 Å². The number of piperidine rings is 1. The van der Waals surface area contributed by atoms with Crippen molar-refractivity contribution in [2.45, 2.75) is 50.5 Å². The quantitative estimate of drug-likeness (QED) is 0.891. The molecular weight excluding hydrogens is 333 g/mol. The predicted molar refractivity (Wildman–Crippen MR) is 96.7 cm³/mol. The molecule has 0 radical (unpaired) electrons. The van der Waals surface area contributed by atoms with Gasteiger partial charge in [0.15, 0.2) is 11.6 Å². The number of nitrogens with zero attached hydrogens (tertiary/aromatic N) is 2. The Morgan fingerprint density at radius 1 is 1.12 bits per heavy atom. The van der Waals surface area contributed by atoms with E-state index < -0.39 is 0 Å². The van der Waals surface area contributed by atoms with Crippen molar-refractivity contribution >= 4 is 11.6 Å². The van der Waals surface area contributed by atoms with E-state index in [9.17, 15) is 9.18 Å². The van der Waals surface area contributed by atoms with Crippen molar-refractivity contribution < 1.29 is 13.6 Å². The molecule has 2 heterocycles. The number of anilines is 1. The van der Waals surface area contributed by atoms with Crippen LogP contribution in [0.2, 0.25) is 0 Å². The average molecular weight is 357 g/mol. The fraction of sp³-hybridized carbons (Fsp3) is 0.500. The van der Waals surface area contributed by atoms with Gasteiger partial charge in [-0.3, -0.25) is 4.79 Å². The highest BCUT2D eigenvalue weighted by Gasteiger charge is 2.27. The number of likely N-dealkylation sites (tertiary alicyclic amines) is 1. The van der Waals surface area contributed by atoms with E-state index in [2.05, 4.69) is 10.3 Å². The Hall–Kier alpha value is -2.37. The summed E-state index contributed by atoms with van der Waals surface area (Å²) in [6.45, 7) is 1.37. The summed E-state index contributed by atoms with van der Waals surface area (Å²) in [5.41, 5.74) is 1.34. The van der Waals surface area contributed by atoms with Gasteiger partial charge in [0, 0.05) is 30.7 Å². The number of carbonyl (C=O) groups is 1. The molecule has 6 heteroatoms. The number of hydrogen-bond acceptors (Lipinski definition) is 4. The molecule has 1 aromatic carbocycles. The fourth-order valence-corrected chi connectivity index (χ4v) is 3.92. The van der Waals surface area contributed by atoms with Crippen LogP contribution in [0, 0.1) is 5.82 Å². The van der Waals surface area contributed by atoms with E-state index in [1.807, 2.05) is 4.90 Å². The minimum atomic E-state index is -0.236. The molecule has 1 saturated carbocycles. The molecule has 5 nitrogen and oxygen atoms in total. The van der Waals surface area contributed by atoms with Crippen molar-refractivity contribution in [3.63, 3.8) is 0 Å². The average Bonchev–Trinajstić information content (AvgIpc) is 3.35. The maximum atomic E-state index is 13.0. The lowest BCUT2D eigenvalue weighted by atomic mass is 10.0. The molecule has 0 unspecified atom stereocenters. The Labute approximate surface area is 152 Å². The first-order chi connectivity index (χ1) is 12.7. The van der Waals surface area contributed by atoms with Crippen LogP contribution in [-0.4, -0.2) is 34.9 Å². The second-order valence-corrected chi connectivity index (χ2v) is 7.27. The minimum absolute atomic E-state index is 0.0433. The molecule has 26 heavy (non-hydrogen) atoms. The number of oxazole rings is 1. The third-order valence-electron chi connectivity index (χ3n) is 5.44. The normalized spacial score (nSPS) is 19.0. The molecule has 0 atom stereocenters. The van der Waals surface area contributed by atoms with Crippen molar-refractivity contribution in [3.05, 3.63) is 47.9 Å². The number of hydrogen-bond donors (Lipinski definition) is 1. The Balaban J connectivity index is 1.31. The van der Waals surface area contributed by atoms with E-state index in [0.717, 1.165) is 37.3 Å². The molecule has 1 amide bonds. The molecule has 1 saturated heterocycles. The van der Waals surface area contributed by atoms with Crippen LogP contribution in [0.15, 0.2) is 34.9 Å². The summed E-state index contributed by atoms with van der Waals surface area (Å²) in [5, 5.41) is 3.41. The number of benzene rings is 1. The van der Waals surface area contributed by atoms with Gasteiger partial charge < -0.3 is 14.6 Å². The summed E-state index contributed by atoms with van der Waals surface area (Å²) in [4.78, 5) is 19.0. The van der Waals surface area contributed by atoms with E-state index in [4.69, 9.17) is 4.42 Å². The Bertz CT molecular complexity index is 745. The highest BCUT2D eigenvalue weighted by Crippen LogP contribution is 2.33. The fourth-order valence-electron chi connectivity index (χ4n) is 3.92. The van der Waals surface area contributed by atoms with Gasteiger partial charge in [0.2, 0.25) is 0 Å². The maximum Gasteiger partial charge on any atom is 0.275 e. The third-order valence-corrected chi connectivity index (χ3v) is 5.44. The van der Waals surface area contributed by atoms with Gasteiger partial charge in [-0.2, -0.15) is 0 Å². The first kappa shape index (κ1) is 17.1. The standard InChI is InChI=1S/C20H24FN3O2/c21-15-5-7-16(8-6-15)22-17-9-11-24(12-10-17)20(25)18-13-26-19(23-18)14-3-1-2-4-14/h5-8,13-14,17,22H,1-4,9-12H2. The molecule has 1 aliphatic heterocycles. The second-order valence-electron chi connectivity index (χ2n) is 7.27. The molecule has 2 aromatic rings. The Morgan fingerprint density at radius 2 is 1.81 bits per heavy atom. The van der Waals surface area contributed by atoms with E-state index in [0.29, 0.717) is 24.7 Å². The first-order valence-electron chi connectivity index (χ1n) is 9.46. The minimum Gasteiger partial charge on any atom is -0.448 e. The van der Waals surface area contributed by atoms with Crippen LogP contribution < -0.4 is 5.32 Å². The highest BCUT2D eigenvalue weighted by atomic mass is 19.1. The van der Waals surface area contributed by atoms with Crippen LogP contribution >= 0.6 is 0 Å². The van der Waals surface area contributed by atoms with Crippen LogP contribution in [0.1, 0.15) is 60.8 Å². The Kier molecular flexibility index (Phi) is 4.91. The number of halogens is 1. The summed E-state index contributed by atoms with van der Waals surface area (Å²) in [6.07, 6.45) is 7.87. The molecule has 0 bridgehead atoms. The van der Waals surface area contributed by atoms with Crippen LogP contribution in [0.25, 0.3) is 0 Å². The van der Waals surface area contributed by atoms with Gasteiger partial charge in [0.25, 0.3) is 5.91 Å². The van der Waals surface area contributed by atoms with Gasteiger partial charge in [0.1, 0.15) is 12.1 Å². The first-order valence-corrected chi connectivity index (χ1v) is 9.46. The lowest BCUT2D eigenvalue weighted by Gasteiger charge is -2.32. The van der Waals surface area contributed by atoms with Crippen molar-refractivity contribution in [3.8, 4) is 0 Å². The molecule has 4 rings (SSSR count). The van der Waals surface area contributed by atoms with Gasteiger partial charge in [0.05, 0.1) is 0 Å². The Morgan fingerprint density at radius 3 is 2.50 bits per heavy atom. The largest absolute Gasteiger partial charge is 0.448 e. The van der Waals surface area contributed by atoms with Crippen LogP contribution in [0.5, 0.6) is 0 Å². The summed E-state index contributed by atoms with van der Waals surface area (Å²) in [6, 6.07) is 6.68. The van der Waals surface area contributed by atoms with Gasteiger partial charge in [-0.1, -0.05) is 12.8 Å². The predicted octanol–water partition coefficient (Wildman–Crippen LogP) is 4.19. The summed E-state index contributed by atoms with van der Waals surface area (Å²) < 4.78 is 18.6. The van der Waals surface area contributed by atoms with E-state index in [1.165, 1.54) is 31.2 Å². The van der Waals surface area contributed by atoms with Crippen molar-refractivity contribution in [2.75, 3.05) is 18.4 Å². The lowest BCUT2D eigenvalue weighted by molar-refractivity contribution is 0.0712. The summed E-state index contributed by atoms with van der Waals surface area (Å²) >= 11 is 0. The van der Waals surface area contributed by atoms with Gasteiger partial charge in [-0.15, -0.1) is 0 Å². The van der Waals surface area contributed by atoms with Crippen molar-refractivity contribution in [1.82, 2.24) is 9.88 Å². The third kappa shape index (κ3) is 3.74. The number of rotatable bonds is 4. The van der Waals surface area contributed by atoms with E-state index in [-0.39, 0.29) is 17.8 Å². The molecule has 0 spiro atoms. The molecule has 1 N–H and O–H groups in total. The zero-order valence-corrected chi connectivity index (χ0v) is 14.8. The zero-order valence-electron chi connectivity index (χ0n) is 14.8. The van der Waals surface area contributed by atoms with Gasteiger partial charge in [-0.05, 0) is 49.9 Å². The molecule has 1 aliphatic carbocycles. The van der Waals surface area contributed by atoms with Crippen molar-refractivity contribution in [1.29, 1.82) is 0 Å². The maximum absolute atomic E-state index is 13.0. The van der Waals surface area contributed by atoms with Gasteiger partial charge >= 0.3 is 0 Å². The smallest absolute Gasteiger partial charge is 0.275 e. The molecule has 1 aromatic heterocycles. The topological polar surface area (TPSA) is 58.4 Å². The monoisotopic (exact) mass is 357 g/mol. The number of aromatic nitrogens is 1. The van der Waals surface area contributed by atoms with E-state index >= 15 is 0 Å². The number of amides is 1. The van der Waals surface area contributed by atoms with Crippen LogP contribution in [0.3, 0.4) is 0 Å². The van der Waals surface area contributed by atoms with Crippen LogP contribution in [-0.2, 0) is 0 Å². The number of carbonyl (C=O) groups excluding carboxylic acids is 1.